The van der Waals surface area contributed by atoms with Crippen molar-refractivity contribution in [1.29, 1.82) is 0 Å². The summed E-state index contributed by atoms with van der Waals surface area (Å²) in [5, 5.41) is 10.4. The zero-order chi connectivity index (χ0) is 21.8. The van der Waals surface area contributed by atoms with E-state index in [1.165, 1.54) is 0 Å². The molecule has 1 aromatic heterocycles. The maximum absolute atomic E-state index is 12.9. The van der Waals surface area contributed by atoms with Crippen molar-refractivity contribution >= 4 is 11.8 Å². The van der Waals surface area contributed by atoms with E-state index in [-0.39, 0.29) is 5.97 Å². The van der Waals surface area contributed by atoms with Crippen molar-refractivity contribution in [3.63, 3.8) is 0 Å². The number of methoxy groups -OCH3 is 1. The number of ether oxygens (including phenoxy) is 3. The molecule has 2 aromatic carbocycles. The van der Waals surface area contributed by atoms with Crippen LogP contribution in [-0.4, -0.2) is 29.9 Å². The number of H-pyrrole nitrogens is 1. The number of rotatable bonds is 7. The molecule has 3 aromatic rings. The molecule has 4 rings (SSSR count). The Hall–Kier alpha value is -3.74. The van der Waals surface area contributed by atoms with Crippen LogP contribution in [0.25, 0.3) is 0 Å². The Morgan fingerprint density at radius 2 is 1.94 bits per heavy atom. The number of allylic oxidation sites excluding steroid dienone is 1. The number of aromatic nitrogens is 2. The number of benzene rings is 2. The highest BCUT2D eigenvalue weighted by Crippen LogP contribution is 2.45. The topological polar surface area (TPSA) is 85.5 Å². The van der Waals surface area contributed by atoms with Crippen LogP contribution < -0.4 is 14.8 Å². The number of aromatic amines is 1. The number of anilines is 1. The quantitative estimate of drug-likeness (QED) is 0.553. The van der Waals surface area contributed by atoms with Gasteiger partial charge in [0.25, 0.3) is 0 Å². The Kier molecular flexibility index (Phi) is 5.93. The van der Waals surface area contributed by atoms with Crippen molar-refractivity contribution in [3.05, 3.63) is 82.7 Å². The lowest BCUT2D eigenvalue weighted by molar-refractivity contribution is -0.138. The van der Waals surface area contributed by atoms with Crippen LogP contribution in [0.5, 0.6) is 11.5 Å². The minimum atomic E-state index is -0.397. The van der Waals surface area contributed by atoms with Crippen molar-refractivity contribution in [2.45, 2.75) is 26.4 Å². The SMILES string of the molecule is CCOC(=O)C1=C(C)Nc2[nH]ncc2C1c1ccc(OC)cc1OCc1ccccc1. The number of carbonyl (C=O) groups is 1. The smallest absolute Gasteiger partial charge is 0.336 e. The highest BCUT2D eigenvalue weighted by atomic mass is 16.5. The molecule has 7 heteroatoms. The van der Waals surface area contributed by atoms with E-state index in [1.54, 1.807) is 20.2 Å². The fourth-order valence-corrected chi connectivity index (χ4v) is 3.78. The van der Waals surface area contributed by atoms with Gasteiger partial charge in [-0.1, -0.05) is 36.4 Å². The predicted molar refractivity (Wildman–Crippen MR) is 117 cm³/mol. The summed E-state index contributed by atoms with van der Waals surface area (Å²) in [6.45, 7) is 4.34. The maximum Gasteiger partial charge on any atom is 0.336 e. The van der Waals surface area contributed by atoms with Crippen molar-refractivity contribution in [2.75, 3.05) is 19.0 Å². The second kappa shape index (κ2) is 8.95. The van der Waals surface area contributed by atoms with Gasteiger partial charge in [-0.05, 0) is 25.5 Å². The number of hydrogen-bond donors (Lipinski definition) is 2. The zero-order valence-corrected chi connectivity index (χ0v) is 17.8. The van der Waals surface area contributed by atoms with Crippen molar-refractivity contribution < 1.29 is 19.0 Å². The third kappa shape index (κ3) is 4.12. The molecule has 0 saturated heterocycles. The highest BCUT2D eigenvalue weighted by molar-refractivity contribution is 5.94. The van der Waals surface area contributed by atoms with Crippen LogP contribution in [0.1, 0.15) is 36.5 Å². The molecule has 0 aliphatic carbocycles. The number of carbonyl (C=O) groups excluding carboxylic acids is 1. The molecule has 0 bridgehead atoms. The molecule has 1 atom stereocenters. The highest BCUT2D eigenvalue weighted by Gasteiger charge is 2.36. The molecule has 2 N–H and O–H groups in total. The lowest BCUT2D eigenvalue weighted by Gasteiger charge is -2.28. The molecule has 0 spiro atoms. The molecule has 31 heavy (non-hydrogen) atoms. The number of hydrogen-bond acceptors (Lipinski definition) is 6. The maximum atomic E-state index is 12.9. The van der Waals surface area contributed by atoms with Crippen LogP contribution in [0.3, 0.4) is 0 Å². The molecule has 1 unspecified atom stereocenters. The lowest BCUT2D eigenvalue weighted by Crippen LogP contribution is -2.24. The van der Waals surface area contributed by atoms with Gasteiger partial charge in [-0.3, -0.25) is 5.10 Å². The van der Waals surface area contributed by atoms with Crippen LogP contribution in [0.15, 0.2) is 66.0 Å². The summed E-state index contributed by atoms with van der Waals surface area (Å²) < 4.78 is 17.0. The summed E-state index contributed by atoms with van der Waals surface area (Å²) in [5.41, 5.74) is 3.98. The molecular weight excluding hydrogens is 394 g/mol. The Labute approximate surface area is 181 Å². The fraction of sp³-hybridized carbons (Fsp3) is 0.250. The number of nitrogens with zero attached hydrogens (tertiary/aromatic N) is 1. The van der Waals surface area contributed by atoms with E-state index < -0.39 is 5.92 Å². The number of fused-ring (bicyclic) bond motifs is 1. The summed E-state index contributed by atoms with van der Waals surface area (Å²) in [5.74, 6) is 1.30. The van der Waals surface area contributed by atoms with E-state index in [9.17, 15) is 4.79 Å². The van der Waals surface area contributed by atoms with Gasteiger partial charge < -0.3 is 19.5 Å². The zero-order valence-electron chi connectivity index (χ0n) is 17.8. The molecule has 0 fully saturated rings. The largest absolute Gasteiger partial charge is 0.497 e. The number of esters is 1. The van der Waals surface area contributed by atoms with E-state index in [0.717, 1.165) is 22.5 Å². The lowest BCUT2D eigenvalue weighted by atomic mass is 9.82. The van der Waals surface area contributed by atoms with Crippen LogP contribution in [0.4, 0.5) is 5.82 Å². The molecular formula is C24H25N3O4. The summed E-state index contributed by atoms with van der Waals surface area (Å²) in [4.78, 5) is 12.9. The number of nitrogens with one attached hydrogen (secondary N) is 2. The van der Waals surface area contributed by atoms with E-state index >= 15 is 0 Å². The van der Waals surface area contributed by atoms with Gasteiger partial charge in [0.1, 0.15) is 23.9 Å². The standard InChI is InChI=1S/C24H25N3O4/c1-4-30-24(28)21-15(2)26-23-19(13-25-27-23)22(21)18-11-10-17(29-3)12-20(18)31-14-16-8-6-5-7-9-16/h5-13,22H,4,14H2,1-3H3,(H2,25,26,27). The van der Waals surface area contributed by atoms with Crippen LogP contribution in [0, 0.1) is 0 Å². The first kappa shape index (κ1) is 20.5. The minimum Gasteiger partial charge on any atom is -0.497 e. The molecule has 0 radical (unpaired) electrons. The molecule has 7 nitrogen and oxygen atoms in total. The van der Waals surface area contributed by atoms with Gasteiger partial charge in [0, 0.05) is 22.9 Å². The summed E-state index contributed by atoms with van der Waals surface area (Å²) in [6, 6.07) is 15.6. The summed E-state index contributed by atoms with van der Waals surface area (Å²) in [7, 11) is 1.61. The van der Waals surface area contributed by atoms with Gasteiger partial charge in [0.05, 0.1) is 31.4 Å². The van der Waals surface area contributed by atoms with E-state index in [2.05, 4.69) is 15.5 Å². The van der Waals surface area contributed by atoms with Crippen LogP contribution in [0.2, 0.25) is 0 Å². The minimum absolute atomic E-state index is 0.292. The van der Waals surface area contributed by atoms with Gasteiger partial charge in [-0.15, -0.1) is 0 Å². The van der Waals surface area contributed by atoms with Gasteiger partial charge >= 0.3 is 5.97 Å². The second-order valence-electron chi connectivity index (χ2n) is 7.20. The van der Waals surface area contributed by atoms with Gasteiger partial charge in [0.2, 0.25) is 0 Å². The summed E-state index contributed by atoms with van der Waals surface area (Å²) >= 11 is 0. The fourth-order valence-electron chi connectivity index (χ4n) is 3.78. The Bertz CT molecular complexity index is 1110. The molecule has 0 saturated carbocycles. The second-order valence-corrected chi connectivity index (χ2v) is 7.20. The van der Waals surface area contributed by atoms with E-state index in [1.807, 2.05) is 55.5 Å². The normalized spacial score (nSPS) is 15.1. The van der Waals surface area contributed by atoms with E-state index in [4.69, 9.17) is 14.2 Å². The van der Waals surface area contributed by atoms with Crippen LogP contribution in [-0.2, 0) is 16.1 Å². The average molecular weight is 419 g/mol. The van der Waals surface area contributed by atoms with Crippen molar-refractivity contribution in [3.8, 4) is 11.5 Å². The Balaban J connectivity index is 1.79. The van der Waals surface area contributed by atoms with Crippen molar-refractivity contribution in [2.24, 2.45) is 0 Å². The Morgan fingerprint density at radius 3 is 2.68 bits per heavy atom. The molecule has 160 valence electrons. The van der Waals surface area contributed by atoms with Crippen molar-refractivity contribution in [1.82, 2.24) is 10.2 Å². The predicted octanol–water partition coefficient (Wildman–Crippen LogP) is 4.39. The van der Waals surface area contributed by atoms with E-state index in [0.29, 0.717) is 36.0 Å². The molecule has 2 heterocycles. The van der Waals surface area contributed by atoms with Gasteiger partial charge in [0.15, 0.2) is 0 Å². The molecule has 1 aliphatic heterocycles. The average Bonchev–Trinajstić information content (AvgIpc) is 3.25. The molecule has 1 aliphatic rings. The van der Waals surface area contributed by atoms with Gasteiger partial charge in [-0.2, -0.15) is 5.10 Å². The first-order chi connectivity index (χ1) is 15.1. The monoisotopic (exact) mass is 419 g/mol. The third-order valence-corrected chi connectivity index (χ3v) is 5.25. The first-order valence-corrected chi connectivity index (χ1v) is 10.1. The van der Waals surface area contributed by atoms with Gasteiger partial charge in [-0.25, -0.2) is 4.79 Å². The van der Waals surface area contributed by atoms with Crippen LogP contribution >= 0.6 is 0 Å². The summed E-state index contributed by atoms with van der Waals surface area (Å²) in [6.07, 6.45) is 1.73. The first-order valence-electron chi connectivity index (χ1n) is 10.1. The molecule has 0 amide bonds. The third-order valence-electron chi connectivity index (χ3n) is 5.25. The Morgan fingerprint density at radius 1 is 1.13 bits per heavy atom.